The molecule has 4 rings (SSSR count). The van der Waals surface area contributed by atoms with Crippen molar-refractivity contribution in [2.24, 2.45) is 0 Å². The topological polar surface area (TPSA) is 60.0 Å². The molecule has 25 heavy (non-hydrogen) atoms. The average Bonchev–Trinajstić information content (AvgIpc) is 3.06. The zero-order valence-corrected chi connectivity index (χ0v) is 14.4. The number of urea groups is 1. The number of methoxy groups -OCH3 is 1. The Morgan fingerprint density at radius 3 is 2.68 bits per heavy atom. The van der Waals surface area contributed by atoms with Crippen LogP contribution in [0, 0.1) is 0 Å². The first-order chi connectivity index (χ1) is 12.1. The summed E-state index contributed by atoms with van der Waals surface area (Å²) in [6.45, 7) is 4.17. The maximum atomic E-state index is 12.7. The fourth-order valence-corrected chi connectivity index (χ4v) is 3.36. The average molecular weight is 340 g/mol. The van der Waals surface area contributed by atoms with E-state index in [2.05, 4.69) is 5.32 Å². The molecule has 2 aromatic rings. The molecule has 0 saturated carbocycles. The van der Waals surface area contributed by atoms with Crippen molar-refractivity contribution in [2.75, 3.05) is 18.8 Å². The molecule has 2 aliphatic rings. The molecule has 0 bridgehead atoms. The zero-order valence-electron chi connectivity index (χ0n) is 14.4. The maximum absolute atomic E-state index is 12.7. The zero-order chi connectivity index (χ0) is 17.6. The molecule has 0 spiro atoms. The summed E-state index contributed by atoms with van der Waals surface area (Å²) in [5, 5.41) is 3.10. The van der Waals surface area contributed by atoms with Gasteiger partial charge in [-0.2, -0.15) is 0 Å². The smallest absolute Gasteiger partial charge is 0.322 e. The van der Waals surface area contributed by atoms with E-state index in [1.54, 1.807) is 12.0 Å². The number of carbonyl (C=O) groups excluding carboxylic acids is 1. The number of benzene rings is 2. The van der Waals surface area contributed by atoms with Crippen LogP contribution in [-0.4, -0.2) is 26.0 Å². The Bertz CT molecular complexity index is 834. The third-order valence-electron chi connectivity index (χ3n) is 4.52. The van der Waals surface area contributed by atoms with Crippen molar-refractivity contribution < 1.29 is 19.0 Å². The number of fused-ring (bicyclic) bond motifs is 2. The van der Waals surface area contributed by atoms with E-state index in [0.717, 1.165) is 22.6 Å². The third-order valence-corrected chi connectivity index (χ3v) is 4.52. The molecule has 1 N–H and O–H groups in total. The minimum atomic E-state index is -0.276. The molecule has 1 unspecified atom stereocenters. The lowest BCUT2D eigenvalue weighted by Crippen LogP contribution is -2.50. The van der Waals surface area contributed by atoms with Gasteiger partial charge in [-0.15, -0.1) is 0 Å². The van der Waals surface area contributed by atoms with Crippen LogP contribution >= 0.6 is 0 Å². The molecule has 130 valence electrons. The van der Waals surface area contributed by atoms with Crippen molar-refractivity contribution in [1.29, 1.82) is 0 Å². The van der Waals surface area contributed by atoms with Gasteiger partial charge in [-0.3, -0.25) is 4.90 Å². The lowest BCUT2D eigenvalue weighted by molar-refractivity contribution is 0.174. The summed E-state index contributed by atoms with van der Waals surface area (Å²) in [5.41, 5.74) is 2.78. The Morgan fingerprint density at radius 1 is 1.20 bits per heavy atom. The predicted octanol–water partition coefficient (Wildman–Crippen LogP) is 3.45. The van der Waals surface area contributed by atoms with E-state index >= 15 is 0 Å². The van der Waals surface area contributed by atoms with Crippen molar-refractivity contribution >= 4 is 11.7 Å². The molecule has 0 radical (unpaired) electrons. The van der Waals surface area contributed by atoms with E-state index in [9.17, 15) is 4.79 Å². The maximum Gasteiger partial charge on any atom is 0.322 e. The number of rotatable bonds is 3. The van der Waals surface area contributed by atoms with Crippen LogP contribution in [0.4, 0.5) is 10.5 Å². The van der Waals surface area contributed by atoms with Gasteiger partial charge in [-0.1, -0.05) is 12.1 Å². The number of nitrogens with one attached hydrogen (secondary N) is 1. The summed E-state index contributed by atoms with van der Waals surface area (Å²) in [4.78, 5) is 14.5. The highest BCUT2D eigenvalue weighted by atomic mass is 16.7. The fraction of sp³-hybridized carbons (Fsp3) is 0.316. The van der Waals surface area contributed by atoms with Gasteiger partial charge in [-0.05, 0) is 37.6 Å². The van der Waals surface area contributed by atoms with E-state index in [1.807, 2.05) is 50.2 Å². The number of amides is 2. The van der Waals surface area contributed by atoms with Gasteiger partial charge < -0.3 is 19.5 Å². The SMILES string of the molecule is COc1cccc(C2NC(=O)N(C(C)C)c3cc4c(cc32)OCO4)c1. The largest absolute Gasteiger partial charge is 0.497 e. The van der Waals surface area contributed by atoms with Gasteiger partial charge in [0.05, 0.1) is 18.8 Å². The standard InChI is InChI=1S/C19H20N2O4/c1-11(2)21-15-9-17-16(24-10-25-17)8-14(15)18(20-19(21)22)12-5-4-6-13(7-12)23-3/h4-9,11,18H,10H2,1-3H3,(H,20,22). The number of nitrogens with zero attached hydrogens (tertiary/aromatic N) is 1. The minimum Gasteiger partial charge on any atom is -0.497 e. The van der Waals surface area contributed by atoms with Gasteiger partial charge in [0, 0.05) is 17.7 Å². The number of anilines is 1. The summed E-state index contributed by atoms with van der Waals surface area (Å²) in [5.74, 6) is 2.12. The van der Waals surface area contributed by atoms with E-state index in [4.69, 9.17) is 14.2 Å². The van der Waals surface area contributed by atoms with E-state index in [1.165, 1.54) is 0 Å². The molecule has 6 nitrogen and oxygen atoms in total. The molecule has 0 aromatic heterocycles. The highest BCUT2D eigenvalue weighted by Gasteiger charge is 2.35. The molecular weight excluding hydrogens is 320 g/mol. The van der Waals surface area contributed by atoms with Crippen molar-refractivity contribution in [3.05, 3.63) is 47.5 Å². The molecule has 2 aliphatic heterocycles. The summed E-state index contributed by atoms with van der Waals surface area (Å²) in [7, 11) is 1.63. The second kappa shape index (κ2) is 5.88. The van der Waals surface area contributed by atoms with Gasteiger partial charge in [0.2, 0.25) is 6.79 Å². The fourth-order valence-electron chi connectivity index (χ4n) is 3.36. The first-order valence-corrected chi connectivity index (χ1v) is 8.25. The van der Waals surface area contributed by atoms with Crippen LogP contribution < -0.4 is 24.4 Å². The van der Waals surface area contributed by atoms with E-state index in [0.29, 0.717) is 11.5 Å². The molecule has 0 saturated heterocycles. The molecule has 2 heterocycles. The Morgan fingerprint density at radius 2 is 1.96 bits per heavy atom. The van der Waals surface area contributed by atoms with Gasteiger partial charge in [0.1, 0.15) is 5.75 Å². The predicted molar refractivity (Wildman–Crippen MR) is 93.5 cm³/mol. The van der Waals surface area contributed by atoms with Gasteiger partial charge >= 0.3 is 6.03 Å². The second-order valence-corrected chi connectivity index (χ2v) is 6.39. The highest BCUT2D eigenvalue weighted by molar-refractivity contribution is 5.97. The Hall–Kier alpha value is -2.89. The van der Waals surface area contributed by atoms with Crippen molar-refractivity contribution in [3.63, 3.8) is 0 Å². The van der Waals surface area contributed by atoms with Crippen LogP contribution in [0.15, 0.2) is 36.4 Å². The van der Waals surface area contributed by atoms with Gasteiger partial charge in [-0.25, -0.2) is 4.79 Å². The number of ether oxygens (including phenoxy) is 3. The van der Waals surface area contributed by atoms with Crippen molar-refractivity contribution in [2.45, 2.75) is 25.9 Å². The summed E-state index contributed by atoms with van der Waals surface area (Å²) < 4.78 is 16.4. The lowest BCUT2D eigenvalue weighted by Gasteiger charge is -2.37. The first-order valence-electron chi connectivity index (χ1n) is 8.25. The number of hydrogen-bond donors (Lipinski definition) is 1. The van der Waals surface area contributed by atoms with Crippen LogP contribution in [-0.2, 0) is 0 Å². The van der Waals surface area contributed by atoms with Crippen molar-refractivity contribution in [3.8, 4) is 17.2 Å². The van der Waals surface area contributed by atoms with E-state index in [-0.39, 0.29) is 24.9 Å². The molecule has 0 fully saturated rings. The molecular formula is C19H20N2O4. The first kappa shape index (κ1) is 15.6. The monoisotopic (exact) mass is 340 g/mol. The summed E-state index contributed by atoms with van der Waals surface area (Å²) >= 11 is 0. The van der Waals surface area contributed by atoms with Crippen LogP contribution in [0.1, 0.15) is 31.0 Å². The van der Waals surface area contributed by atoms with Crippen LogP contribution in [0.2, 0.25) is 0 Å². The third kappa shape index (κ3) is 2.54. The Labute approximate surface area is 146 Å². The highest BCUT2D eigenvalue weighted by Crippen LogP contribution is 2.44. The van der Waals surface area contributed by atoms with Gasteiger partial charge in [0.15, 0.2) is 11.5 Å². The number of hydrogen-bond acceptors (Lipinski definition) is 4. The second-order valence-electron chi connectivity index (χ2n) is 6.39. The quantitative estimate of drug-likeness (QED) is 0.930. The molecule has 0 aliphatic carbocycles. The van der Waals surface area contributed by atoms with Gasteiger partial charge in [0.25, 0.3) is 0 Å². The molecule has 2 aromatic carbocycles. The van der Waals surface area contributed by atoms with Crippen LogP contribution in [0.25, 0.3) is 0 Å². The lowest BCUT2D eigenvalue weighted by atomic mass is 9.93. The normalized spacial score (nSPS) is 18.2. The Balaban J connectivity index is 1.87. The molecule has 1 atom stereocenters. The van der Waals surface area contributed by atoms with Crippen molar-refractivity contribution in [1.82, 2.24) is 5.32 Å². The summed E-state index contributed by atoms with van der Waals surface area (Å²) in [6, 6.07) is 11.2. The Kier molecular flexibility index (Phi) is 3.67. The minimum absolute atomic E-state index is 0.0189. The summed E-state index contributed by atoms with van der Waals surface area (Å²) in [6.07, 6.45) is 0. The number of carbonyl (C=O) groups is 1. The molecule has 6 heteroatoms. The van der Waals surface area contributed by atoms with E-state index < -0.39 is 0 Å². The van der Waals surface area contributed by atoms with Crippen LogP contribution in [0.5, 0.6) is 17.2 Å². The molecule has 2 amide bonds. The van der Waals surface area contributed by atoms with Crippen LogP contribution in [0.3, 0.4) is 0 Å².